The van der Waals surface area contributed by atoms with Crippen LogP contribution in [-0.2, 0) is 30.4 Å². The molecule has 176 valence electrons. The average Bonchev–Trinajstić information content (AvgIpc) is 2.73. The SMILES string of the molecule is C[C@H](N)C(=O)N[C@@H](C)C(=O)N[C@@H](Cc1ccccc1)C(=O)N[C@@H](C)C(=O)N[C@@H](C)C(=O)O. The van der Waals surface area contributed by atoms with Gasteiger partial charge in [-0.1, -0.05) is 30.3 Å². The van der Waals surface area contributed by atoms with E-state index in [1.165, 1.54) is 27.7 Å². The third-order valence-electron chi connectivity index (χ3n) is 4.56. The summed E-state index contributed by atoms with van der Waals surface area (Å²) in [4.78, 5) is 60.2. The minimum absolute atomic E-state index is 0.131. The largest absolute Gasteiger partial charge is 0.480 e. The van der Waals surface area contributed by atoms with Crippen molar-refractivity contribution in [2.75, 3.05) is 0 Å². The van der Waals surface area contributed by atoms with E-state index in [0.29, 0.717) is 0 Å². The molecule has 0 fully saturated rings. The van der Waals surface area contributed by atoms with E-state index in [9.17, 15) is 24.0 Å². The summed E-state index contributed by atoms with van der Waals surface area (Å²) in [6.45, 7) is 5.62. The summed E-state index contributed by atoms with van der Waals surface area (Å²) in [5.41, 5.74) is 6.25. The maximum atomic E-state index is 12.8. The summed E-state index contributed by atoms with van der Waals surface area (Å²) in [5, 5.41) is 18.7. The molecule has 0 aliphatic carbocycles. The second kappa shape index (κ2) is 12.4. The summed E-state index contributed by atoms with van der Waals surface area (Å²) in [5.74, 6) is -3.66. The zero-order valence-electron chi connectivity index (χ0n) is 18.5. The number of benzene rings is 1. The van der Waals surface area contributed by atoms with Gasteiger partial charge in [-0.2, -0.15) is 0 Å². The topological polar surface area (TPSA) is 180 Å². The molecule has 0 unspecified atom stereocenters. The standard InChI is InChI=1S/C21H31N5O6/c1-11(22)17(27)23-13(3)19(29)26-16(10-15-8-6-5-7-9-15)20(30)24-12(2)18(28)25-14(4)21(31)32/h5-9,11-14,16H,10,22H2,1-4H3,(H,23,27)(H,24,30)(H,25,28)(H,26,29)(H,31,32)/t11-,12-,13-,14-,16-/m0/s1. The first-order valence-electron chi connectivity index (χ1n) is 10.2. The lowest BCUT2D eigenvalue weighted by atomic mass is 10.0. The zero-order chi connectivity index (χ0) is 24.4. The minimum atomic E-state index is -1.21. The lowest BCUT2D eigenvalue weighted by Gasteiger charge is -2.24. The van der Waals surface area contributed by atoms with Crippen LogP contribution < -0.4 is 27.0 Å². The molecular weight excluding hydrogens is 418 g/mol. The number of hydrogen-bond donors (Lipinski definition) is 6. The zero-order valence-corrected chi connectivity index (χ0v) is 18.5. The van der Waals surface area contributed by atoms with Crippen molar-refractivity contribution in [3.8, 4) is 0 Å². The number of nitrogens with one attached hydrogen (secondary N) is 4. The van der Waals surface area contributed by atoms with Gasteiger partial charge < -0.3 is 32.1 Å². The normalized spacial score (nSPS) is 15.3. The van der Waals surface area contributed by atoms with E-state index in [2.05, 4.69) is 21.3 Å². The van der Waals surface area contributed by atoms with Crippen LogP contribution >= 0.6 is 0 Å². The highest BCUT2D eigenvalue weighted by molar-refractivity contribution is 5.95. The van der Waals surface area contributed by atoms with E-state index >= 15 is 0 Å². The fourth-order valence-electron chi connectivity index (χ4n) is 2.55. The Morgan fingerprint density at radius 1 is 0.750 bits per heavy atom. The van der Waals surface area contributed by atoms with Gasteiger partial charge in [-0.05, 0) is 33.3 Å². The van der Waals surface area contributed by atoms with Crippen LogP contribution in [0.15, 0.2) is 30.3 Å². The quantitative estimate of drug-likeness (QED) is 0.242. The third-order valence-corrected chi connectivity index (χ3v) is 4.56. The van der Waals surface area contributed by atoms with Crippen LogP contribution in [0.2, 0.25) is 0 Å². The molecule has 0 aromatic heterocycles. The van der Waals surface area contributed by atoms with Crippen LogP contribution in [0.4, 0.5) is 0 Å². The van der Waals surface area contributed by atoms with Crippen LogP contribution in [-0.4, -0.2) is 64.9 Å². The van der Waals surface area contributed by atoms with Crippen LogP contribution in [0.3, 0.4) is 0 Å². The van der Waals surface area contributed by atoms with Crippen molar-refractivity contribution >= 4 is 29.6 Å². The first kappa shape index (κ1) is 26.6. The Labute approximate surface area is 186 Å². The number of carbonyl (C=O) groups excluding carboxylic acids is 4. The average molecular weight is 450 g/mol. The molecule has 0 saturated carbocycles. The molecule has 1 aromatic rings. The van der Waals surface area contributed by atoms with E-state index in [1.807, 2.05) is 0 Å². The van der Waals surface area contributed by atoms with Crippen molar-refractivity contribution in [1.29, 1.82) is 0 Å². The Morgan fingerprint density at radius 3 is 1.72 bits per heavy atom. The summed E-state index contributed by atoms with van der Waals surface area (Å²) >= 11 is 0. The fraction of sp³-hybridized carbons (Fsp3) is 0.476. The van der Waals surface area contributed by atoms with Crippen molar-refractivity contribution in [3.63, 3.8) is 0 Å². The second-order valence-electron chi connectivity index (χ2n) is 7.57. The number of hydrogen-bond acceptors (Lipinski definition) is 6. The van der Waals surface area contributed by atoms with Gasteiger partial charge in [-0.3, -0.25) is 24.0 Å². The lowest BCUT2D eigenvalue weighted by Crippen LogP contribution is -2.57. The van der Waals surface area contributed by atoms with Crippen molar-refractivity contribution < 1.29 is 29.1 Å². The molecule has 0 bridgehead atoms. The smallest absolute Gasteiger partial charge is 0.325 e. The predicted octanol–water partition coefficient (Wildman–Crippen LogP) is -1.34. The maximum absolute atomic E-state index is 12.8. The molecule has 0 aliphatic rings. The van der Waals surface area contributed by atoms with Crippen molar-refractivity contribution in [2.24, 2.45) is 5.73 Å². The van der Waals surface area contributed by atoms with Gasteiger partial charge >= 0.3 is 5.97 Å². The number of amides is 4. The Balaban J connectivity index is 2.89. The van der Waals surface area contributed by atoms with E-state index < -0.39 is 59.8 Å². The second-order valence-corrected chi connectivity index (χ2v) is 7.57. The molecule has 0 aliphatic heterocycles. The molecule has 1 rings (SSSR count). The van der Waals surface area contributed by atoms with Gasteiger partial charge in [-0.15, -0.1) is 0 Å². The Kier molecular flexibility index (Phi) is 10.3. The van der Waals surface area contributed by atoms with E-state index in [4.69, 9.17) is 10.8 Å². The highest BCUT2D eigenvalue weighted by atomic mass is 16.4. The molecule has 4 amide bonds. The summed E-state index contributed by atoms with van der Waals surface area (Å²) in [7, 11) is 0. The number of rotatable bonds is 11. The molecule has 11 heteroatoms. The van der Waals surface area contributed by atoms with Gasteiger partial charge in [0.2, 0.25) is 23.6 Å². The highest BCUT2D eigenvalue weighted by Crippen LogP contribution is 2.05. The number of carboxylic acids is 1. The van der Waals surface area contributed by atoms with E-state index in [-0.39, 0.29) is 6.42 Å². The molecule has 32 heavy (non-hydrogen) atoms. The highest BCUT2D eigenvalue weighted by Gasteiger charge is 2.28. The van der Waals surface area contributed by atoms with Gasteiger partial charge in [0.05, 0.1) is 6.04 Å². The van der Waals surface area contributed by atoms with Crippen molar-refractivity contribution in [2.45, 2.75) is 64.3 Å². The van der Waals surface area contributed by atoms with Crippen LogP contribution in [0.5, 0.6) is 0 Å². The summed E-state index contributed by atoms with van der Waals surface area (Å²) < 4.78 is 0. The Bertz CT molecular complexity index is 829. The maximum Gasteiger partial charge on any atom is 0.325 e. The van der Waals surface area contributed by atoms with Gasteiger partial charge in [0, 0.05) is 6.42 Å². The molecule has 0 saturated heterocycles. The first-order valence-corrected chi connectivity index (χ1v) is 10.2. The molecule has 0 spiro atoms. The molecule has 5 atom stereocenters. The van der Waals surface area contributed by atoms with Crippen molar-refractivity contribution in [1.82, 2.24) is 21.3 Å². The van der Waals surface area contributed by atoms with Gasteiger partial charge in [-0.25, -0.2) is 0 Å². The molecule has 11 nitrogen and oxygen atoms in total. The predicted molar refractivity (Wildman–Crippen MR) is 116 cm³/mol. The van der Waals surface area contributed by atoms with Crippen LogP contribution in [0.25, 0.3) is 0 Å². The van der Waals surface area contributed by atoms with Gasteiger partial charge in [0.15, 0.2) is 0 Å². The number of nitrogens with two attached hydrogens (primary N) is 1. The third kappa shape index (κ3) is 8.72. The number of carboxylic acid groups (broad SMARTS) is 1. The van der Waals surface area contributed by atoms with Gasteiger partial charge in [0.1, 0.15) is 24.2 Å². The Morgan fingerprint density at radius 2 is 1.22 bits per heavy atom. The number of aliphatic carboxylic acids is 1. The summed E-state index contributed by atoms with van der Waals surface area (Å²) in [6, 6.07) is 3.94. The Hall–Kier alpha value is -3.47. The monoisotopic (exact) mass is 449 g/mol. The lowest BCUT2D eigenvalue weighted by molar-refractivity contribution is -0.141. The minimum Gasteiger partial charge on any atom is -0.480 e. The molecule has 1 aromatic carbocycles. The molecule has 0 radical (unpaired) electrons. The fourth-order valence-corrected chi connectivity index (χ4v) is 2.55. The van der Waals surface area contributed by atoms with E-state index in [1.54, 1.807) is 30.3 Å². The van der Waals surface area contributed by atoms with Crippen molar-refractivity contribution in [3.05, 3.63) is 35.9 Å². The molecule has 0 heterocycles. The molecule has 7 N–H and O–H groups in total. The number of carbonyl (C=O) groups is 5. The molecular formula is C21H31N5O6. The van der Waals surface area contributed by atoms with E-state index in [0.717, 1.165) is 5.56 Å². The first-order chi connectivity index (χ1) is 14.9. The van der Waals surface area contributed by atoms with Crippen LogP contribution in [0.1, 0.15) is 33.3 Å². The van der Waals surface area contributed by atoms with Crippen LogP contribution in [0, 0.1) is 0 Å². The summed E-state index contributed by atoms with van der Waals surface area (Å²) in [6.07, 6.45) is 0.131. The van der Waals surface area contributed by atoms with Gasteiger partial charge in [0.25, 0.3) is 0 Å².